The number of carbonyl (C=O) groups excluding carboxylic acids is 3. The van der Waals surface area contributed by atoms with Crippen LogP contribution in [0.25, 0.3) is 0 Å². The molecule has 1 aliphatic rings. The first-order valence-electron chi connectivity index (χ1n) is 7.88. The number of amides is 2. The van der Waals surface area contributed by atoms with Gasteiger partial charge in [-0.1, -0.05) is 12.1 Å². The number of hydrogen-bond acceptors (Lipinski definition) is 4. The van der Waals surface area contributed by atoms with E-state index in [-0.39, 0.29) is 36.7 Å². The molecular formula is C17H23N2O4+. The molecule has 0 saturated carbocycles. The standard InChI is InChI=1S/C17H22N2O4/c1-4-18(5-2)14-11-15(20)19(17(14)22)13-8-6-12(7-9-13)10-16(21)23-3/h6-9,14H,4-5,10-11H2,1-3H3/p+1/t14-/m1/s1. The summed E-state index contributed by atoms with van der Waals surface area (Å²) in [6.45, 7) is 5.65. The van der Waals surface area contributed by atoms with Gasteiger partial charge in [-0.3, -0.25) is 14.4 Å². The lowest BCUT2D eigenvalue weighted by atomic mass is 10.1. The summed E-state index contributed by atoms with van der Waals surface area (Å²) in [7, 11) is 1.34. The number of benzene rings is 1. The molecule has 2 rings (SSSR count). The maximum atomic E-state index is 12.6. The summed E-state index contributed by atoms with van der Waals surface area (Å²) >= 11 is 0. The Labute approximate surface area is 136 Å². The highest BCUT2D eigenvalue weighted by atomic mass is 16.5. The van der Waals surface area contributed by atoms with Crippen molar-refractivity contribution in [2.24, 2.45) is 0 Å². The zero-order valence-electron chi connectivity index (χ0n) is 13.8. The number of imide groups is 1. The van der Waals surface area contributed by atoms with Gasteiger partial charge in [-0.05, 0) is 31.5 Å². The van der Waals surface area contributed by atoms with Gasteiger partial charge in [-0.2, -0.15) is 0 Å². The fraction of sp³-hybridized carbons (Fsp3) is 0.471. The van der Waals surface area contributed by atoms with Gasteiger partial charge in [0.2, 0.25) is 5.91 Å². The zero-order chi connectivity index (χ0) is 17.0. The molecule has 1 saturated heterocycles. The topological polar surface area (TPSA) is 68.1 Å². The maximum Gasteiger partial charge on any atom is 0.309 e. The van der Waals surface area contributed by atoms with Gasteiger partial charge in [0.05, 0.1) is 38.7 Å². The van der Waals surface area contributed by atoms with Crippen LogP contribution in [0.1, 0.15) is 25.8 Å². The molecule has 0 aromatic heterocycles. The summed E-state index contributed by atoms with van der Waals surface area (Å²) in [5.41, 5.74) is 1.34. The molecule has 6 nitrogen and oxygen atoms in total. The van der Waals surface area contributed by atoms with E-state index in [1.165, 1.54) is 12.0 Å². The molecule has 0 radical (unpaired) electrons. The first-order valence-corrected chi connectivity index (χ1v) is 7.88. The highest BCUT2D eigenvalue weighted by molar-refractivity contribution is 6.21. The third-order valence-electron chi connectivity index (χ3n) is 4.32. The molecule has 1 N–H and O–H groups in total. The van der Waals surface area contributed by atoms with Crippen LogP contribution in [0.4, 0.5) is 5.69 Å². The first-order chi connectivity index (χ1) is 11.0. The van der Waals surface area contributed by atoms with Crippen molar-refractivity contribution in [3.63, 3.8) is 0 Å². The summed E-state index contributed by atoms with van der Waals surface area (Å²) in [4.78, 5) is 38.5. The number of nitrogens with one attached hydrogen (secondary N) is 1. The van der Waals surface area contributed by atoms with Crippen LogP contribution in [-0.4, -0.2) is 44.0 Å². The molecule has 1 aromatic carbocycles. The Morgan fingerprint density at radius 1 is 1.22 bits per heavy atom. The van der Waals surface area contributed by atoms with E-state index in [0.29, 0.717) is 5.69 Å². The molecule has 1 aliphatic heterocycles. The summed E-state index contributed by atoms with van der Waals surface area (Å²) in [6.07, 6.45) is 0.421. The maximum absolute atomic E-state index is 12.6. The van der Waals surface area contributed by atoms with Gasteiger partial charge < -0.3 is 9.64 Å². The number of rotatable bonds is 6. The van der Waals surface area contributed by atoms with Gasteiger partial charge in [0.15, 0.2) is 6.04 Å². The second kappa shape index (κ2) is 7.37. The second-order valence-electron chi connectivity index (χ2n) is 5.61. The van der Waals surface area contributed by atoms with Crippen LogP contribution in [-0.2, 0) is 25.5 Å². The Kier molecular flexibility index (Phi) is 5.50. The predicted octanol–water partition coefficient (Wildman–Crippen LogP) is -0.0413. The van der Waals surface area contributed by atoms with E-state index in [0.717, 1.165) is 23.6 Å². The van der Waals surface area contributed by atoms with Crippen LogP contribution in [0.2, 0.25) is 0 Å². The number of hydrogen-bond donors (Lipinski definition) is 1. The van der Waals surface area contributed by atoms with Crippen LogP contribution in [0.15, 0.2) is 24.3 Å². The van der Waals surface area contributed by atoms with Crippen molar-refractivity contribution < 1.29 is 24.0 Å². The molecule has 23 heavy (non-hydrogen) atoms. The lowest BCUT2D eigenvalue weighted by Crippen LogP contribution is -3.16. The molecule has 1 atom stereocenters. The lowest BCUT2D eigenvalue weighted by molar-refractivity contribution is -0.911. The summed E-state index contributed by atoms with van der Waals surface area (Å²) in [6, 6.07) is 6.59. The summed E-state index contributed by atoms with van der Waals surface area (Å²) in [5.74, 6) is -0.634. The molecule has 1 aromatic rings. The number of anilines is 1. The van der Waals surface area contributed by atoms with Crippen molar-refractivity contribution in [1.82, 2.24) is 0 Å². The van der Waals surface area contributed by atoms with Gasteiger partial charge in [-0.15, -0.1) is 0 Å². The molecule has 1 fully saturated rings. The Hall–Kier alpha value is -2.21. The fourth-order valence-electron chi connectivity index (χ4n) is 2.97. The molecule has 124 valence electrons. The van der Waals surface area contributed by atoms with Crippen molar-refractivity contribution in [2.75, 3.05) is 25.1 Å². The minimum Gasteiger partial charge on any atom is -0.469 e. The molecule has 6 heteroatoms. The Balaban J connectivity index is 2.16. The molecule has 0 unspecified atom stereocenters. The number of methoxy groups -OCH3 is 1. The monoisotopic (exact) mass is 319 g/mol. The van der Waals surface area contributed by atoms with E-state index >= 15 is 0 Å². The van der Waals surface area contributed by atoms with Crippen LogP contribution in [0.3, 0.4) is 0 Å². The van der Waals surface area contributed by atoms with Crippen LogP contribution in [0.5, 0.6) is 0 Å². The minimum atomic E-state index is -0.323. The van der Waals surface area contributed by atoms with Crippen molar-refractivity contribution in [3.05, 3.63) is 29.8 Å². The molecule has 1 heterocycles. The van der Waals surface area contributed by atoms with E-state index in [1.807, 2.05) is 13.8 Å². The molecule has 0 aliphatic carbocycles. The van der Waals surface area contributed by atoms with E-state index in [2.05, 4.69) is 4.74 Å². The van der Waals surface area contributed by atoms with Crippen LogP contribution < -0.4 is 9.80 Å². The van der Waals surface area contributed by atoms with Crippen molar-refractivity contribution in [1.29, 1.82) is 0 Å². The summed E-state index contributed by atoms with van der Waals surface area (Å²) in [5, 5.41) is 0. The van der Waals surface area contributed by atoms with E-state index in [9.17, 15) is 14.4 Å². The Morgan fingerprint density at radius 2 is 1.83 bits per heavy atom. The normalized spacial score (nSPS) is 17.9. The summed E-state index contributed by atoms with van der Waals surface area (Å²) < 4.78 is 4.62. The third kappa shape index (κ3) is 3.59. The van der Waals surface area contributed by atoms with Gasteiger partial charge in [0.1, 0.15) is 0 Å². The average molecular weight is 319 g/mol. The van der Waals surface area contributed by atoms with Crippen molar-refractivity contribution >= 4 is 23.5 Å². The third-order valence-corrected chi connectivity index (χ3v) is 4.32. The Bertz CT molecular complexity index is 593. The Morgan fingerprint density at radius 3 is 2.35 bits per heavy atom. The quantitative estimate of drug-likeness (QED) is 0.590. The lowest BCUT2D eigenvalue weighted by Gasteiger charge is -2.21. The highest BCUT2D eigenvalue weighted by Gasteiger charge is 2.44. The molecular weight excluding hydrogens is 296 g/mol. The second-order valence-corrected chi connectivity index (χ2v) is 5.61. The minimum absolute atomic E-state index is 0.144. The average Bonchev–Trinajstić information content (AvgIpc) is 2.84. The van der Waals surface area contributed by atoms with E-state index in [1.54, 1.807) is 24.3 Å². The van der Waals surface area contributed by atoms with Crippen molar-refractivity contribution in [2.45, 2.75) is 32.7 Å². The van der Waals surface area contributed by atoms with Gasteiger partial charge in [-0.25, -0.2) is 4.90 Å². The number of likely N-dealkylation sites (N-methyl/N-ethyl adjacent to an activating group) is 1. The number of quaternary nitrogens is 1. The van der Waals surface area contributed by atoms with Gasteiger partial charge in [0, 0.05) is 0 Å². The van der Waals surface area contributed by atoms with E-state index < -0.39 is 0 Å². The van der Waals surface area contributed by atoms with Crippen molar-refractivity contribution in [3.8, 4) is 0 Å². The van der Waals surface area contributed by atoms with E-state index in [4.69, 9.17) is 0 Å². The number of esters is 1. The molecule has 0 spiro atoms. The van der Waals surface area contributed by atoms with Crippen LogP contribution in [0, 0.1) is 0 Å². The number of nitrogens with zero attached hydrogens (tertiary/aromatic N) is 1. The largest absolute Gasteiger partial charge is 0.469 e. The molecule has 0 bridgehead atoms. The number of ether oxygens (including phenoxy) is 1. The van der Waals surface area contributed by atoms with Gasteiger partial charge in [0.25, 0.3) is 5.91 Å². The SMILES string of the molecule is CC[NH+](CC)[C@@H]1CC(=O)N(c2ccc(CC(=O)OC)cc2)C1=O. The van der Waals surface area contributed by atoms with Crippen LogP contribution >= 0.6 is 0 Å². The fourth-order valence-corrected chi connectivity index (χ4v) is 2.97. The number of carbonyl (C=O) groups is 3. The molecule has 2 amide bonds. The smallest absolute Gasteiger partial charge is 0.309 e. The highest BCUT2D eigenvalue weighted by Crippen LogP contribution is 2.22. The first kappa shape index (κ1) is 17.1. The predicted molar refractivity (Wildman–Crippen MR) is 85.1 cm³/mol. The zero-order valence-corrected chi connectivity index (χ0v) is 13.8. The van der Waals surface area contributed by atoms with Gasteiger partial charge >= 0.3 is 5.97 Å².